The number of nitrogens with one attached hydrogen (secondary N) is 1. The number of fused-ring (bicyclic) bond motifs is 2. The van der Waals surface area contributed by atoms with Gasteiger partial charge in [0.15, 0.2) is 0 Å². The minimum Gasteiger partial charge on any atom is -0.317 e. The van der Waals surface area contributed by atoms with Gasteiger partial charge < -0.3 is 10.2 Å². The lowest BCUT2D eigenvalue weighted by atomic mass is 10.0. The zero-order valence-corrected chi connectivity index (χ0v) is 13.4. The van der Waals surface area contributed by atoms with Crippen molar-refractivity contribution in [3.63, 3.8) is 0 Å². The third kappa shape index (κ3) is 2.29. The van der Waals surface area contributed by atoms with Crippen molar-refractivity contribution in [2.24, 2.45) is 0 Å². The Bertz CT molecular complexity index is 724. The molecule has 1 N–H and O–H groups in total. The van der Waals surface area contributed by atoms with E-state index in [2.05, 4.69) is 34.7 Å². The maximum Gasteiger partial charge on any atom is 0.322 e. The number of thiophene rings is 1. The van der Waals surface area contributed by atoms with Crippen LogP contribution < -0.4 is 5.32 Å². The molecule has 0 saturated carbocycles. The molecule has 2 aromatic rings. The molecule has 3 heterocycles. The third-order valence-electron chi connectivity index (χ3n) is 4.68. The second-order valence-electron chi connectivity index (χ2n) is 6.04. The van der Waals surface area contributed by atoms with E-state index in [4.69, 9.17) is 0 Å². The molecular weight excluding hydrogens is 294 g/mol. The summed E-state index contributed by atoms with van der Waals surface area (Å²) in [5.41, 5.74) is 4.67. The van der Waals surface area contributed by atoms with Gasteiger partial charge in [0, 0.05) is 17.1 Å². The smallest absolute Gasteiger partial charge is 0.317 e. The molecule has 2 aromatic heterocycles. The fraction of sp³-hybridized carbons (Fsp3) is 0.412. The Morgan fingerprint density at radius 3 is 3.18 bits per heavy atom. The van der Waals surface area contributed by atoms with Crippen LogP contribution in [-0.2, 0) is 19.3 Å². The molecule has 0 bridgehead atoms. The first kappa shape index (κ1) is 13.8. The van der Waals surface area contributed by atoms with E-state index in [9.17, 15) is 4.79 Å². The van der Waals surface area contributed by atoms with E-state index in [-0.39, 0.29) is 12.1 Å². The third-order valence-corrected chi connectivity index (χ3v) is 5.81. The Morgan fingerprint density at radius 2 is 2.27 bits per heavy atom. The van der Waals surface area contributed by atoms with E-state index in [1.54, 1.807) is 17.5 Å². The summed E-state index contributed by atoms with van der Waals surface area (Å²) in [5.74, 6) is 0. The predicted molar refractivity (Wildman–Crippen MR) is 88.4 cm³/mol. The van der Waals surface area contributed by atoms with Crippen LogP contribution in [0.15, 0.2) is 23.7 Å². The lowest BCUT2D eigenvalue weighted by Gasteiger charge is -2.33. The standard InChI is InChI=1S/C17H19N3OS/c1-11-16-12(6-8-22-16)5-7-20(11)17(21)19-14-9-13-3-2-4-15(13)18-10-14/h6,8-11H,2-5,7H2,1H3,(H,19,21). The first-order valence-electron chi connectivity index (χ1n) is 7.84. The highest BCUT2D eigenvalue weighted by Crippen LogP contribution is 2.34. The fourth-order valence-corrected chi connectivity index (χ4v) is 4.49. The number of pyridine rings is 1. The van der Waals surface area contributed by atoms with Gasteiger partial charge in [0.25, 0.3) is 0 Å². The van der Waals surface area contributed by atoms with Crippen molar-refractivity contribution >= 4 is 23.1 Å². The van der Waals surface area contributed by atoms with Gasteiger partial charge in [0.1, 0.15) is 0 Å². The average Bonchev–Trinajstić information content (AvgIpc) is 3.15. The van der Waals surface area contributed by atoms with Gasteiger partial charge in [-0.15, -0.1) is 11.3 Å². The number of urea groups is 1. The number of amides is 2. The predicted octanol–water partition coefficient (Wildman–Crippen LogP) is 3.78. The molecule has 1 aliphatic heterocycles. The molecular formula is C17H19N3OS. The summed E-state index contributed by atoms with van der Waals surface area (Å²) in [6.07, 6.45) is 6.04. The fourth-order valence-electron chi connectivity index (χ4n) is 3.46. The molecule has 4 rings (SSSR count). The molecule has 5 heteroatoms. The number of aryl methyl sites for hydroxylation is 2. The SMILES string of the molecule is CC1c2sccc2CCN1C(=O)Nc1cnc2c(c1)CCC2. The molecule has 1 unspecified atom stereocenters. The van der Waals surface area contributed by atoms with Crippen molar-refractivity contribution in [1.29, 1.82) is 0 Å². The highest BCUT2D eigenvalue weighted by atomic mass is 32.1. The highest BCUT2D eigenvalue weighted by molar-refractivity contribution is 7.10. The second kappa shape index (κ2) is 5.39. The number of carbonyl (C=O) groups excluding carboxylic acids is 1. The minimum atomic E-state index is -0.0219. The molecule has 0 saturated heterocycles. The normalized spacial score (nSPS) is 19.7. The van der Waals surface area contributed by atoms with E-state index >= 15 is 0 Å². The molecule has 0 fully saturated rings. The number of hydrogen-bond acceptors (Lipinski definition) is 3. The lowest BCUT2D eigenvalue weighted by Crippen LogP contribution is -2.40. The first-order valence-corrected chi connectivity index (χ1v) is 8.72. The summed E-state index contributed by atoms with van der Waals surface area (Å²) < 4.78 is 0. The zero-order valence-electron chi connectivity index (χ0n) is 12.6. The molecule has 1 atom stereocenters. The largest absolute Gasteiger partial charge is 0.322 e. The molecule has 4 nitrogen and oxygen atoms in total. The lowest BCUT2D eigenvalue weighted by molar-refractivity contribution is 0.190. The molecule has 2 aliphatic rings. The number of rotatable bonds is 1. The first-order chi connectivity index (χ1) is 10.7. The van der Waals surface area contributed by atoms with Crippen molar-refractivity contribution in [3.8, 4) is 0 Å². The van der Waals surface area contributed by atoms with E-state index in [1.807, 2.05) is 4.90 Å². The minimum absolute atomic E-state index is 0.0219. The number of aromatic nitrogens is 1. The number of hydrogen-bond donors (Lipinski definition) is 1. The summed E-state index contributed by atoms with van der Waals surface area (Å²) >= 11 is 1.74. The van der Waals surface area contributed by atoms with Crippen molar-refractivity contribution in [1.82, 2.24) is 9.88 Å². The van der Waals surface area contributed by atoms with Crippen molar-refractivity contribution in [3.05, 3.63) is 45.4 Å². The maximum absolute atomic E-state index is 12.6. The van der Waals surface area contributed by atoms with Gasteiger partial charge in [-0.05, 0) is 61.2 Å². The topological polar surface area (TPSA) is 45.2 Å². The summed E-state index contributed by atoms with van der Waals surface area (Å²) in [4.78, 5) is 20.3. The van der Waals surface area contributed by atoms with Crippen LogP contribution >= 0.6 is 11.3 Å². The summed E-state index contributed by atoms with van der Waals surface area (Å²) in [6, 6.07) is 4.38. The van der Waals surface area contributed by atoms with Crippen LogP contribution in [0.5, 0.6) is 0 Å². The molecule has 22 heavy (non-hydrogen) atoms. The number of anilines is 1. The Labute approximate surface area is 134 Å². The second-order valence-corrected chi connectivity index (χ2v) is 6.99. The van der Waals surface area contributed by atoms with Crippen LogP contribution in [0.1, 0.15) is 41.1 Å². The highest BCUT2D eigenvalue weighted by Gasteiger charge is 2.28. The Morgan fingerprint density at radius 1 is 1.36 bits per heavy atom. The maximum atomic E-state index is 12.6. The quantitative estimate of drug-likeness (QED) is 0.871. The molecule has 114 valence electrons. The Kier molecular flexibility index (Phi) is 3.37. The summed E-state index contributed by atoms with van der Waals surface area (Å²) in [7, 11) is 0. The summed E-state index contributed by atoms with van der Waals surface area (Å²) in [5, 5.41) is 5.14. The van der Waals surface area contributed by atoms with Crippen LogP contribution in [0.4, 0.5) is 10.5 Å². The van der Waals surface area contributed by atoms with Crippen molar-refractivity contribution in [2.75, 3.05) is 11.9 Å². The van der Waals surface area contributed by atoms with Gasteiger partial charge in [-0.25, -0.2) is 4.79 Å². The van der Waals surface area contributed by atoms with Gasteiger partial charge in [0.2, 0.25) is 0 Å². The van der Waals surface area contributed by atoms with Crippen LogP contribution in [0, 0.1) is 0 Å². The molecule has 0 spiro atoms. The monoisotopic (exact) mass is 313 g/mol. The van der Waals surface area contributed by atoms with E-state index in [0.29, 0.717) is 0 Å². The zero-order chi connectivity index (χ0) is 15.1. The van der Waals surface area contributed by atoms with Crippen molar-refractivity contribution in [2.45, 2.75) is 38.6 Å². The van der Waals surface area contributed by atoms with Gasteiger partial charge in [0.05, 0.1) is 17.9 Å². The number of carbonyl (C=O) groups is 1. The molecule has 0 radical (unpaired) electrons. The molecule has 1 aliphatic carbocycles. The van der Waals surface area contributed by atoms with Crippen LogP contribution in [-0.4, -0.2) is 22.5 Å². The van der Waals surface area contributed by atoms with Gasteiger partial charge in [-0.2, -0.15) is 0 Å². The van der Waals surface area contributed by atoms with Crippen LogP contribution in [0.3, 0.4) is 0 Å². The van der Waals surface area contributed by atoms with Crippen LogP contribution in [0.2, 0.25) is 0 Å². The van der Waals surface area contributed by atoms with E-state index in [1.165, 1.54) is 28.1 Å². The van der Waals surface area contributed by atoms with Gasteiger partial charge in [-0.3, -0.25) is 4.98 Å². The number of nitrogens with zero attached hydrogens (tertiary/aromatic N) is 2. The Hall–Kier alpha value is -1.88. The average molecular weight is 313 g/mol. The van der Waals surface area contributed by atoms with Crippen LogP contribution in [0.25, 0.3) is 0 Å². The van der Waals surface area contributed by atoms with E-state index < -0.39 is 0 Å². The summed E-state index contributed by atoms with van der Waals surface area (Å²) in [6.45, 7) is 2.88. The van der Waals surface area contributed by atoms with E-state index in [0.717, 1.165) is 31.5 Å². The molecule has 0 aromatic carbocycles. The Balaban J connectivity index is 1.51. The van der Waals surface area contributed by atoms with Gasteiger partial charge in [-0.1, -0.05) is 0 Å². The van der Waals surface area contributed by atoms with Crippen molar-refractivity contribution < 1.29 is 4.79 Å². The van der Waals surface area contributed by atoms with Gasteiger partial charge >= 0.3 is 6.03 Å². The molecule has 2 amide bonds.